The number of benzene rings is 1. The summed E-state index contributed by atoms with van der Waals surface area (Å²) in [6, 6.07) is 3.61. The zero-order chi connectivity index (χ0) is 26.0. The number of Topliss-reactive ketones (excluding diaryl/α,β-unsaturated/α-hetero) is 1. The van der Waals surface area contributed by atoms with Crippen molar-refractivity contribution in [3.63, 3.8) is 0 Å². The summed E-state index contributed by atoms with van der Waals surface area (Å²) in [6.07, 6.45) is 5.84. The molecule has 2 fully saturated rings. The molecule has 1 aliphatic carbocycles. The molecule has 1 aromatic carbocycles. The van der Waals surface area contributed by atoms with Crippen LogP contribution >= 0.6 is 11.6 Å². The summed E-state index contributed by atoms with van der Waals surface area (Å²) in [5, 5.41) is 5.05. The molecule has 1 saturated carbocycles. The van der Waals surface area contributed by atoms with Gasteiger partial charge >= 0.3 is 5.97 Å². The normalized spacial score (nSPS) is 22.7. The number of nitrogens with zero attached hydrogens (tertiary/aromatic N) is 2. The van der Waals surface area contributed by atoms with Crippen LogP contribution in [-0.2, 0) is 33.7 Å². The minimum atomic E-state index is -0.795. The van der Waals surface area contributed by atoms with Crippen LogP contribution in [0.2, 0.25) is 5.02 Å². The molecule has 0 N–H and O–H groups in total. The molecule has 2 aromatic rings. The lowest BCUT2D eigenvalue weighted by atomic mass is 9.73. The zero-order valence-electron chi connectivity index (χ0n) is 22.0. The Morgan fingerprint density at radius 3 is 2.42 bits per heavy atom. The van der Waals surface area contributed by atoms with Crippen molar-refractivity contribution in [3.05, 3.63) is 39.7 Å². The average molecular weight is 517 g/mol. The number of rotatable bonds is 9. The van der Waals surface area contributed by atoms with Gasteiger partial charge in [-0.2, -0.15) is 5.10 Å². The third kappa shape index (κ3) is 4.99. The largest absolute Gasteiger partial charge is 0.496 e. The second-order valence-corrected chi connectivity index (χ2v) is 10.5. The number of ketones is 1. The van der Waals surface area contributed by atoms with E-state index in [0.717, 1.165) is 54.7 Å². The van der Waals surface area contributed by atoms with Gasteiger partial charge in [-0.05, 0) is 76.0 Å². The molecule has 7 nitrogen and oxygen atoms in total. The number of hydrogen-bond donors (Lipinski definition) is 0. The van der Waals surface area contributed by atoms with Gasteiger partial charge in [-0.3, -0.25) is 14.3 Å². The lowest BCUT2D eigenvalue weighted by Crippen LogP contribution is -2.52. The number of esters is 1. The molecule has 196 valence electrons. The smallest absolute Gasteiger partial charge is 0.317 e. The summed E-state index contributed by atoms with van der Waals surface area (Å²) in [5.74, 6) is 0.181. The molecule has 8 heteroatoms. The predicted molar refractivity (Wildman–Crippen MR) is 138 cm³/mol. The molecule has 2 atom stereocenters. The standard InChI is InChI=1S/C28H37ClN2O5/c1-6-31-18(3)21(17(2)30-31)14-22-24(32)16-28(36-27(22)33,20-9-7-8-10-20)12-11-19-13-23(29)26(35-5)15-25(19)34-4/h13,15,20,22H,6-12,14,16H2,1-5H3. The topological polar surface area (TPSA) is 79.7 Å². The van der Waals surface area contributed by atoms with E-state index in [1.807, 2.05) is 31.5 Å². The van der Waals surface area contributed by atoms with Crippen LogP contribution < -0.4 is 9.47 Å². The first-order valence-corrected chi connectivity index (χ1v) is 13.3. The minimum absolute atomic E-state index is 0.0269. The molecule has 36 heavy (non-hydrogen) atoms. The second-order valence-electron chi connectivity index (χ2n) is 10.1. The van der Waals surface area contributed by atoms with Crippen molar-refractivity contribution in [2.24, 2.45) is 11.8 Å². The Labute approximate surface area is 218 Å². The van der Waals surface area contributed by atoms with E-state index in [1.165, 1.54) is 0 Å². The number of cyclic esters (lactones) is 1. The molecule has 2 heterocycles. The van der Waals surface area contributed by atoms with E-state index in [2.05, 4.69) is 5.10 Å². The summed E-state index contributed by atoms with van der Waals surface area (Å²) in [6.45, 7) is 6.71. The number of methoxy groups -OCH3 is 2. The monoisotopic (exact) mass is 516 g/mol. The van der Waals surface area contributed by atoms with E-state index in [-0.39, 0.29) is 18.1 Å². The van der Waals surface area contributed by atoms with Gasteiger partial charge < -0.3 is 14.2 Å². The Morgan fingerprint density at radius 2 is 1.83 bits per heavy atom. The van der Waals surface area contributed by atoms with Gasteiger partial charge in [0, 0.05) is 24.7 Å². The van der Waals surface area contributed by atoms with Crippen LogP contribution in [-0.4, -0.2) is 41.4 Å². The van der Waals surface area contributed by atoms with Crippen molar-refractivity contribution in [1.82, 2.24) is 9.78 Å². The van der Waals surface area contributed by atoms with Crippen LogP contribution in [0.15, 0.2) is 12.1 Å². The van der Waals surface area contributed by atoms with E-state index < -0.39 is 17.5 Å². The van der Waals surface area contributed by atoms with E-state index in [4.69, 9.17) is 25.8 Å². The number of aryl methyl sites for hydroxylation is 3. The van der Waals surface area contributed by atoms with Crippen molar-refractivity contribution >= 4 is 23.4 Å². The van der Waals surface area contributed by atoms with Gasteiger partial charge in [0.25, 0.3) is 0 Å². The molecular weight excluding hydrogens is 480 g/mol. The number of ether oxygens (including phenoxy) is 3. The Morgan fingerprint density at radius 1 is 1.14 bits per heavy atom. The first-order valence-electron chi connectivity index (χ1n) is 12.9. The molecule has 0 bridgehead atoms. The van der Waals surface area contributed by atoms with Crippen LogP contribution in [0.25, 0.3) is 0 Å². The van der Waals surface area contributed by atoms with E-state index in [1.54, 1.807) is 20.3 Å². The summed E-state index contributed by atoms with van der Waals surface area (Å²) >= 11 is 6.40. The fourth-order valence-electron chi connectivity index (χ4n) is 6.08. The van der Waals surface area contributed by atoms with Gasteiger partial charge in [-0.25, -0.2) is 0 Å². The number of aromatic nitrogens is 2. The van der Waals surface area contributed by atoms with Crippen molar-refractivity contribution in [2.45, 2.75) is 84.3 Å². The van der Waals surface area contributed by atoms with E-state index >= 15 is 0 Å². The highest BCUT2D eigenvalue weighted by Gasteiger charge is 2.51. The molecule has 4 rings (SSSR count). The molecule has 0 radical (unpaired) electrons. The molecule has 1 aliphatic heterocycles. The lowest BCUT2D eigenvalue weighted by Gasteiger charge is -2.43. The minimum Gasteiger partial charge on any atom is -0.496 e. The number of hydrogen-bond acceptors (Lipinski definition) is 6. The SMILES string of the molecule is CCn1nc(C)c(CC2C(=O)CC(CCc3cc(Cl)c(OC)cc3OC)(C3CCCC3)OC2=O)c1C. The van der Waals surface area contributed by atoms with Gasteiger partial charge in [0.2, 0.25) is 0 Å². The molecule has 2 unspecified atom stereocenters. The van der Waals surface area contributed by atoms with Crippen LogP contribution in [0, 0.1) is 25.7 Å². The van der Waals surface area contributed by atoms with Crippen LogP contribution in [0.4, 0.5) is 0 Å². The first-order chi connectivity index (χ1) is 17.2. The molecular formula is C28H37ClN2O5. The molecule has 0 spiro atoms. The highest BCUT2D eigenvalue weighted by Crippen LogP contribution is 2.46. The Balaban J connectivity index is 1.58. The average Bonchev–Trinajstić information content (AvgIpc) is 3.49. The number of halogens is 1. The van der Waals surface area contributed by atoms with Gasteiger partial charge in [0.05, 0.1) is 24.9 Å². The highest BCUT2D eigenvalue weighted by molar-refractivity contribution is 6.32. The third-order valence-corrected chi connectivity index (χ3v) is 8.46. The van der Waals surface area contributed by atoms with Crippen molar-refractivity contribution < 1.29 is 23.8 Å². The summed E-state index contributed by atoms with van der Waals surface area (Å²) < 4.78 is 19.1. The molecule has 1 aromatic heterocycles. The van der Waals surface area contributed by atoms with Crippen molar-refractivity contribution in [2.75, 3.05) is 14.2 Å². The van der Waals surface area contributed by atoms with Crippen LogP contribution in [0.5, 0.6) is 11.5 Å². The molecule has 1 saturated heterocycles. The summed E-state index contributed by atoms with van der Waals surface area (Å²) in [7, 11) is 3.17. The van der Waals surface area contributed by atoms with Crippen LogP contribution in [0.3, 0.4) is 0 Å². The maximum atomic E-state index is 13.6. The lowest BCUT2D eigenvalue weighted by molar-refractivity contribution is -0.185. The van der Waals surface area contributed by atoms with Crippen molar-refractivity contribution in [3.8, 4) is 11.5 Å². The third-order valence-electron chi connectivity index (χ3n) is 8.16. The summed E-state index contributed by atoms with van der Waals surface area (Å²) in [5.41, 5.74) is 2.96. The van der Waals surface area contributed by atoms with Gasteiger partial charge in [0.15, 0.2) is 5.78 Å². The fraction of sp³-hybridized carbons (Fsp3) is 0.607. The summed E-state index contributed by atoms with van der Waals surface area (Å²) in [4.78, 5) is 27.0. The van der Waals surface area contributed by atoms with Crippen molar-refractivity contribution in [1.29, 1.82) is 0 Å². The van der Waals surface area contributed by atoms with Gasteiger partial charge in [-0.1, -0.05) is 24.4 Å². The maximum absolute atomic E-state index is 13.6. The van der Waals surface area contributed by atoms with Gasteiger partial charge in [-0.15, -0.1) is 0 Å². The maximum Gasteiger partial charge on any atom is 0.317 e. The Kier molecular flexibility index (Phi) is 7.98. The highest BCUT2D eigenvalue weighted by atomic mass is 35.5. The first kappa shape index (κ1) is 26.5. The van der Waals surface area contributed by atoms with E-state index in [0.29, 0.717) is 35.8 Å². The van der Waals surface area contributed by atoms with Crippen LogP contribution in [0.1, 0.15) is 68.0 Å². The Hall–Kier alpha value is -2.54. The predicted octanol–water partition coefficient (Wildman–Crippen LogP) is 5.43. The second kappa shape index (κ2) is 10.8. The molecule has 2 aliphatic rings. The quantitative estimate of drug-likeness (QED) is 0.327. The fourth-order valence-corrected chi connectivity index (χ4v) is 6.35. The van der Waals surface area contributed by atoms with Gasteiger partial charge in [0.1, 0.15) is 23.0 Å². The molecule has 0 amide bonds. The Bertz CT molecular complexity index is 1120. The number of carbonyl (C=O) groups is 2. The number of carbonyl (C=O) groups excluding carboxylic acids is 2. The zero-order valence-corrected chi connectivity index (χ0v) is 22.7. The van der Waals surface area contributed by atoms with E-state index in [9.17, 15) is 9.59 Å².